The van der Waals surface area contributed by atoms with Crippen LogP contribution in [0.15, 0.2) is 103 Å². The van der Waals surface area contributed by atoms with Crippen molar-refractivity contribution in [1.29, 1.82) is 0 Å². The van der Waals surface area contributed by atoms with Crippen molar-refractivity contribution in [2.24, 2.45) is 0 Å². The summed E-state index contributed by atoms with van der Waals surface area (Å²) in [4.78, 5) is 32.0. The fraction of sp³-hybridized carbons (Fsp3) is 0.103. The normalized spacial score (nSPS) is 10.8. The van der Waals surface area contributed by atoms with Crippen LogP contribution in [0.4, 0.5) is 5.69 Å². The molecule has 1 aromatic heterocycles. The highest BCUT2D eigenvalue weighted by Crippen LogP contribution is 2.27. The number of benzene rings is 4. The van der Waals surface area contributed by atoms with Crippen LogP contribution in [-0.4, -0.2) is 39.8 Å². The molecular formula is C29H24N4O3. The molecule has 5 aromatic rings. The number of carbonyl (C=O) groups is 2. The number of ether oxygens (including phenoxy) is 1. The summed E-state index contributed by atoms with van der Waals surface area (Å²) in [5.74, 6) is -0.693. The van der Waals surface area contributed by atoms with Crippen molar-refractivity contribution in [1.82, 2.24) is 14.8 Å². The molecule has 0 unspecified atom stereocenters. The fourth-order valence-corrected chi connectivity index (χ4v) is 4.12. The van der Waals surface area contributed by atoms with Gasteiger partial charge >= 0.3 is 5.97 Å². The highest BCUT2D eigenvalue weighted by atomic mass is 16.5. The van der Waals surface area contributed by atoms with Crippen molar-refractivity contribution in [3.8, 4) is 17.1 Å². The second kappa shape index (κ2) is 10.2. The Hall–Kier alpha value is -4.78. The van der Waals surface area contributed by atoms with Crippen molar-refractivity contribution in [3.05, 3.63) is 109 Å². The zero-order chi connectivity index (χ0) is 24.9. The largest absolute Gasteiger partial charge is 0.450 e. The van der Waals surface area contributed by atoms with Crippen LogP contribution in [-0.2, 0) is 9.53 Å². The summed E-state index contributed by atoms with van der Waals surface area (Å²) in [5, 5.41) is 6.39. The van der Waals surface area contributed by atoms with Gasteiger partial charge in [0, 0.05) is 17.5 Å². The molecular weight excluding hydrogens is 452 g/mol. The Kier molecular flexibility index (Phi) is 6.53. The van der Waals surface area contributed by atoms with E-state index in [1.807, 2.05) is 110 Å². The number of para-hydroxylation sites is 1. The molecule has 0 aliphatic rings. The lowest BCUT2D eigenvalue weighted by atomic mass is 10.1. The van der Waals surface area contributed by atoms with E-state index >= 15 is 0 Å². The van der Waals surface area contributed by atoms with Crippen molar-refractivity contribution in [3.63, 3.8) is 0 Å². The molecule has 4 aromatic carbocycles. The molecule has 1 heterocycles. The first-order chi connectivity index (χ1) is 17.7. The lowest BCUT2D eigenvalue weighted by molar-refractivity contribution is -0.121. The summed E-state index contributed by atoms with van der Waals surface area (Å²) >= 11 is 0. The van der Waals surface area contributed by atoms with E-state index in [2.05, 4.69) is 10.1 Å². The molecule has 36 heavy (non-hydrogen) atoms. The fourth-order valence-electron chi connectivity index (χ4n) is 4.12. The average Bonchev–Trinajstić information content (AvgIpc) is 3.39. The molecule has 0 spiro atoms. The second-order valence-electron chi connectivity index (χ2n) is 8.08. The van der Waals surface area contributed by atoms with Gasteiger partial charge in [0.15, 0.2) is 12.4 Å². The molecule has 0 atom stereocenters. The van der Waals surface area contributed by atoms with E-state index < -0.39 is 12.6 Å². The minimum atomic E-state index is -0.760. The van der Waals surface area contributed by atoms with Gasteiger partial charge in [-0.3, -0.25) is 4.79 Å². The Morgan fingerprint density at radius 3 is 2.25 bits per heavy atom. The van der Waals surface area contributed by atoms with Crippen molar-refractivity contribution in [2.75, 3.05) is 18.1 Å². The number of rotatable bonds is 7. The number of esters is 1. The van der Waals surface area contributed by atoms with Gasteiger partial charge in [-0.2, -0.15) is 0 Å². The Morgan fingerprint density at radius 2 is 1.50 bits per heavy atom. The van der Waals surface area contributed by atoms with Gasteiger partial charge in [0.05, 0.1) is 11.4 Å². The Balaban J connectivity index is 1.38. The van der Waals surface area contributed by atoms with Gasteiger partial charge in [-0.25, -0.2) is 14.5 Å². The predicted molar refractivity (Wildman–Crippen MR) is 139 cm³/mol. The summed E-state index contributed by atoms with van der Waals surface area (Å²) < 4.78 is 6.98. The predicted octanol–water partition coefficient (Wildman–Crippen LogP) is 5.30. The molecule has 0 bridgehead atoms. The Bertz CT molecular complexity index is 1450. The number of aromatic nitrogens is 3. The molecule has 7 heteroatoms. The summed E-state index contributed by atoms with van der Waals surface area (Å²) in [5.41, 5.74) is 2.33. The van der Waals surface area contributed by atoms with Crippen LogP contribution in [0.3, 0.4) is 0 Å². The number of nitrogens with zero attached hydrogens (tertiary/aromatic N) is 4. The molecule has 5 rings (SSSR count). The molecule has 0 saturated heterocycles. The van der Waals surface area contributed by atoms with Crippen LogP contribution in [0.5, 0.6) is 0 Å². The molecule has 0 saturated carbocycles. The average molecular weight is 477 g/mol. The van der Waals surface area contributed by atoms with Crippen LogP contribution in [0, 0.1) is 0 Å². The summed E-state index contributed by atoms with van der Waals surface area (Å²) in [6.45, 7) is 1.90. The summed E-state index contributed by atoms with van der Waals surface area (Å²) in [6.07, 6.45) is 0. The van der Waals surface area contributed by atoms with Gasteiger partial charge in [-0.15, -0.1) is 5.10 Å². The molecule has 0 aliphatic heterocycles. The molecule has 178 valence electrons. The van der Waals surface area contributed by atoms with Crippen LogP contribution < -0.4 is 4.90 Å². The second-order valence-corrected chi connectivity index (χ2v) is 8.08. The van der Waals surface area contributed by atoms with Gasteiger partial charge in [0.2, 0.25) is 0 Å². The molecule has 0 fully saturated rings. The number of hydrogen-bond donors (Lipinski definition) is 0. The van der Waals surface area contributed by atoms with Crippen LogP contribution in [0.2, 0.25) is 0 Å². The number of hydrogen-bond acceptors (Lipinski definition) is 5. The molecule has 7 nitrogen and oxygen atoms in total. The number of anilines is 1. The minimum absolute atomic E-state index is 0.112. The maximum Gasteiger partial charge on any atom is 0.378 e. The first kappa shape index (κ1) is 23.0. The van der Waals surface area contributed by atoms with Crippen molar-refractivity contribution >= 4 is 28.3 Å². The number of fused-ring (bicyclic) bond motifs is 1. The van der Waals surface area contributed by atoms with Gasteiger partial charge in [0.1, 0.15) is 0 Å². The third kappa shape index (κ3) is 4.59. The Labute approximate surface area is 208 Å². The number of likely N-dealkylation sites (N-methyl/N-ethyl adjacent to an activating group) is 1. The highest BCUT2D eigenvalue weighted by molar-refractivity contribution is 6.04. The van der Waals surface area contributed by atoms with E-state index in [0.29, 0.717) is 12.4 Å². The smallest absolute Gasteiger partial charge is 0.378 e. The Morgan fingerprint density at radius 1 is 0.833 bits per heavy atom. The topological polar surface area (TPSA) is 77.3 Å². The van der Waals surface area contributed by atoms with Crippen LogP contribution in [0.1, 0.15) is 17.5 Å². The van der Waals surface area contributed by atoms with Crippen molar-refractivity contribution < 1.29 is 14.3 Å². The maximum absolute atomic E-state index is 13.1. The van der Waals surface area contributed by atoms with E-state index in [4.69, 9.17) is 4.74 Å². The molecule has 0 radical (unpaired) electrons. The first-order valence-electron chi connectivity index (χ1n) is 11.7. The monoisotopic (exact) mass is 476 g/mol. The van der Waals surface area contributed by atoms with E-state index in [9.17, 15) is 9.59 Å². The quantitative estimate of drug-likeness (QED) is 0.298. The lowest BCUT2D eigenvalue weighted by Crippen LogP contribution is -2.34. The van der Waals surface area contributed by atoms with Gasteiger partial charge < -0.3 is 9.64 Å². The van der Waals surface area contributed by atoms with Crippen LogP contribution >= 0.6 is 0 Å². The third-order valence-electron chi connectivity index (χ3n) is 5.82. The SMILES string of the molecule is CCN(C(=O)COC(=O)c1nc(-c2ccccc2)n(-c2ccccc2)n1)c1cccc2ccccc12. The standard InChI is InChI=1S/C29H24N4O3/c1-2-32(25-19-11-15-21-12-9-10-18-24(21)25)26(34)20-36-29(35)27-30-28(22-13-5-3-6-14-22)33(31-27)23-16-7-4-8-17-23/h3-19H,2,20H2,1H3. The first-order valence-corrected chi connectivity index (χ1v) is 11.7. The lowest BCUT2D eigenvalue weighted by Gasteiger charge is -2.22. The summed E-state index contributed by atoms with van der Waals surface area (Å²) in [6, 6.07) is 32.6. The van der Waals surface area contributed by atoms with E-state index in [1.54, 1.807) is 9.58 Å². The van der Waals surface area contributed by atoms with E-state index in [-0.39, 0.29) is 11.7 Å². The highest BCUT2D eigenvalue weighted by Gasteiger charge is 2.23. The van der Waals surface area contributed by atoms with Crippen molar-refractivity contribution in [2.45, 2.75) is 6.92 Å². The zero-order valence-electron chi connectivity index (χ0n) is 19.7. The third-order valence-corrected chi connectivity index (χ3v) is 5.82. The number of amides is 1. The van der Waals surface area contributed by atoms with Gasteiger partial charge in [-0.1, -0.05) is 84.9 Å². The summed E-state index contributed by atoms with van der Waals surface area (Å²) in [7, 11) is 0. The minimum Gasteiger partial charge on any atom is -0.450 e. The molecule has 1 amide bonds. The van der Waals surface area contributed by atoms with Crippen LogP contribution in [0.25, 0.3) is 27.8 Å². The van der Waals surface area contributed by atoms with Gasteiger partial charge in [0.25, 0.3) is 11.7 Å². The maximum atomic E-state index is 13.1. The molecule has 0 N–H and O–H groups in total. The van der Waals surface area contributed by atoms with Gasteiger partial charge in [-0.05, 0) is 30.5 Å². The number of carbonyl (C=O) groups excluding carboxylic acids is 2. The van der Waals surface area contributed by atoms with E-state index in [0.717, 1.165) is 27.7 Å². The van der Waals surface area contributed by atoms with E-state index in [1.165, 1.54) is 0 Å². The molecule has 0 aliphatic carbocycles. The zero-order valence-corrected chi connectivity index (χ0v) is 19.7.